The Kier molecular flexibility index (Phi) is 5.53. The zero-order valence-electron chi connectivity index (χ0n) is 16.2. The molecular formula is C23H25N3O2. The third kappa shape index (κ3) is 4.15. The normalized spacial score (nSPS) is 15.0. The van der Waals surface area contributed by atoms with Crippen molar-refractivity contribution in [2.24, 2.45) is 0 Å². The first-order valence-electron chi connectivity index (χ1n) is 9.82. The second-order valence-corrected chi connectivity index (χ2v) is 7.03. The number of pyridine rings is 1. The van der Waals surface area contributed by atoms with Crippen molar-refractivity contribution in [2.75, 3.05) is 32.8 Å². The maximum Gasteiger partial charge on any atom is 0.272 e. The van der Waals surface area contributed by atoms with Crippen LogP contribution in [0.25, 0.3) is 10.9 Å². The molecule has 1 saturated heterocycles. The summed E-state index contributed by atoms with van der Waals surface area (Å²) in [5, 5.41) is 1.05. The van der Waals surface area contributed by atoms with E-state index < -0.39 is 0 Å². The topological polar surface area (TPSA) is 45.7 Å². The van der Waals surface area contributed by atoms with Crippen molar-refractivity contribution in [3.05, 3.63) is 71.9 Å². The van der Waals surface area contributed by atoms with E-state index in [2.05, 4.69) is 22.0 Å². The minimum Gasteiger partial charge on any atom is -0.494 e. The standard InChI is InChI=1S/C23H25N3O2/c1-2-28-20-10-7-18(8-11-20)17-25-13-15-26(16-14-25)23(27)22-12-9-19-5-3-4-6-21(19)24-22/h3-12H,2,13-17H2,1H3. The van der Waals surface area contributed by atoms with Gasteiger partial charge >= 0.3 is 0 Å². The Morgan fingerprint density at radius 1 is 0.964 bits per heavy atom. The number of carbonyl (C=O) groups is 1. The van der Waals surface area contributed by atoms with Gasteiger partial charge in [-0.05, 0) is 36.8 Å². The summed E-state index contributed by atoms with van der Waals surface area (Å²) in [5.74, 6) is 0.927. The van der Waals surface area contributed by atoms with Gasteiger partial charge in [-0.2, -0.15) is 0 Å². The first-order chi connectivity index (χ1) is 13.7. The number of aromatic nitrogens is 1. The van der Waals surface area contributed by atoms with Crippen LogP contribution in [0.3, 0.4) is 0 Å². The number of piperazine rings is 1. The lowest BCUT2D eigenvalue weighted by Crippen LogP contribution is -2.48. The number of nitrogens with zero attached hydrogens (tertiary/aromatic N) is 3. The highest BCUT2D eigenvalue weighted by Crippen LogP contribution is 2.16. The Labute approximate surface area is 165 Å². The Hall–Kier alpha value is -2.92. The lowest BCUT2D eigenvalue weighted by molar-refractivity contribution is 0.0623. The van der Waals surface area contributed by atoms with Crippen LogP contribution in [0.5, 0.6) is 5.75 Å². The number of hydrogen-bond acceptors (Lipinski definition) is 4. The number of fused-ring (bicyclic) bond motifs is 1. The molecule has 0 bridgehead atoms. The van der Waals surface area contributed by atoms with E-state index >= 15 is 0 Å². The number of hydrogen-bond donors (Lipinski definition) is 0. The molecule has 1 amide bonds. The fourth-order valence-electron chi connectivity index (χ4n) is 3.57. The van der Waals surface area contributed by atoms with Gasteiger partial charge in [0.05, 0.1) is 12.1 Å². The van der Waals surface area contributed by atoms with Gasteiger partial charge < -0.3 is 9.64 Å². The Bertz CT molecular complexity index is 947. The van der Waals surface area contributed by atoms with Gasteiger partial charge in [-0.3, -0.25) is 9.69 Å². The maximum atomic E-state index is 12.8. The van der Waals surface area contributed by atoms with Gasteiger partial charge in [0.25, 0.3) is 5.91 Å². The quantitative estimate of drug-likeness (QED) is 0.684. The maximum absolute atomic E-state index is 12.8. The van der Waals surface area contributed by atoms with Gasteiger partial charge in [0.15, 0.2) is 0 Å². The summed E-state index contributed by atoms with van der Waals surface area (Å²) in [6.07, 6.45) is 0. The van der Waals surface area contributed by atoms with Crippen LogP contribution in [-0.4, -0.2) is 53.5 Å². The van der Waals surface area contributed by atoms with Crippen LogP contribution < -0.4 is 4.74 Å². The van der Waals surface area contributed by atoms with Gasteiger partial charge in [0.1, 0.15) is 11.4 Å². The van der Waals surface area contributed by atoms with Crippen molar-refractivity contribution in [1.29, 1.82) is 0 Å². The van der Waals surface area contributed by atoms with Crippen LogP contribution >= 0.6 is 0 Å². The number of rotatable bonds is 5. The predicted molar refractivity (Wildman–Crippen MR) is 111 cm³/mol. The van der Waals surface area contributed by atoms with Crippen LogP contribution in [-0.2, 0) is 6.54 Å². The van der Waals surface area contributed by atoms with Crippen LogP contribution in [0, 0.1) is 0 Å². The molecule has 144 valence electrons. The summed E-state index contributed by atoms with van der Waals surface area (Å²) >= 11 is 0. The van der Waals surface area contributed by atoms with Gasteiger partial charge in [-0.1, -0.05) is 36.4 Å². The van der Waals surface area contributed by atoms with E-state index in [0.717, 1.165) is 49.4 Å². The predicted octanol–water partition coefficient (Wildman–Crippen LogP) is 3.59. The summed E-state index contributed by atoms with van der Waals surface area (Å²) in [7, 11) is 0. The average molecular weight is 375 g/mol. The van der Waals surface area contributed by atoms with E-state index in [1.165, 1.54) is 5.56 Å². The number of amides is 1. The molecule has 1 aliphatic rings. The smallest absolute Gasteiger partial charge is 0.272 e. The fourth-order valence-corrected chi connectivity index (χ4v) is 3.57. The first kappa shape index (κ1) is 18.4. The number of carbonyl (C=O) groups excluding carboxylic acids is 1. The van der Waals surface area contributed by atoms with Crippen molar-refractivity contribution < 1.29 is 9.53 Å². The number of para-hydroxylation sites is 1. The minimum absolute atomic E-state index is 0.0199. The lowest BCUT2D eigenvalue weighted by Gasteiger charge is -2.34. The molecule has 2 aromatic carbocycles. The van der Waals surface area contributed by atoms with Gasteiger partial charge in [0, 0.05) is 38.1 Å². The average Bonchev–Trinajstić information content (AvgIpc) is 2.75. The summed E-state index contributed by atoms with van der Waals surface area (Å²) < 4.78 is 5.50. The SMILES string of the molecule is CCOc1ccc(CN2CCN(C(=O)c3ccc4ccccc4n3)CC2)cc1. The Balaban J connectivity index is 1.34. The minimum atomic E-state index is 0.0199. The monoisotopic (exact) mass is 375 g/mol. The molecule has 1 aliphatic heterocycles. The summed E-state index contributed by atoms with van der Waals surface area (Å²) in [4.78, 5) is 21.7. The second kappa shape index (κ2) is 8.40. The van der Waals surface area contributed by atoms with Crippen LogP contribution in [0.2, 0.25) is 0 Å². The van der Waals surface area contributed by atoms with Gasteiger partial charge in [-0.25, -0.2) is 4.98 Å². The third-order valence-corrected chi connectivity index (χ3v) is 5.12. The Morgan fingerprint density at radius 3 is 2.46 bits per heavy atom. The molecule has 0 N–H and O–H groups in total. The molecule has 5 nitrogen and oxygen atoms in total. The molecule has 0 spiro atoms. The highest BCUT2D eigenvalue weighted by atomic mass is 16.5. The number of ether oxygens (including phenoxy) is 1. The van der Waals surface area contributed by atoms with E-state index in [0.29, 0.717) is 12.3 Å². The molecule has 2 heterocycles. The fraction of sp³-hybridized carbons (Fsp3) is 0.304. The zero-order valence-corrected chi connectivity index (χ0v) is 16.2. The van der Waals surface area contributed by atoms with Crippen LogP contribution in [0.1, 0.15) is 23.0 Å². The van der Waals surface area contributed by atoms with E-state index in [9.17, 15) is 4.79 Å². The van der Waals surface area contributed by atoms with Crippen LogP contribution in [0.4, 0.5) is 0 Å². The molecule has 28 heavy (non-hydrogen) atoms. The molecule has 5 heteroatoms. The van der Waals surface area contributed by atoms with E-state index in [1.807, 2.05) is 60.4 Å². The van der Waals surface area contributed by atoms with Crippen molar-refractivity contribution in [3.8, 4) is 5.75 Å². The van der Waals surface area contributed by atoms with Crippen LogP contribution in [0.15, 0.2) is 60.7 Å². The Morgan fingerprint density at radius 2 is 1.71 bits per heavy atom. The highest BCUT2D eigenvalue weighted by Gasteiger charge is 2.23. The molecule has 0 saturated carbocycles. The summed E-state index contributed by atoms with van der Waals surface area (Å²) in [6, 6.07) is 19.9. The van der Waals surface area contributed by atoms with E-state index in [1.54, 1.807) is 0 Å². The van der Waals surface area contributed by atoms with Crippen molar-refractivity contribution in [2.45, 2.75) is 13.5 Å². The van der Waals surface area contributed by atoms with Crippen molar-refractivity contribution in [1.82, 2.24) is 14.8 Å². The van der Waals surface area contributed by atoms with Crippen molar-refractivity contribution in [3.63, 3.8) is 0 Å². The first-order valence-corrected chi connectivity index (χ1v) is 9.82. The summed E-state index contributed by atoms with van der Waals surface area (Å²) in [6.45, 7) is 6.75. The number of benzene rings is 2. The molecule has 1 fully saturated rings. The molecule has 0 aliphatic carbocycles. The molecule has 0 unspecified atom stereocenters. The molecular weight excluding hydrogens is 350 g/mol. The highest BCUT2D eigenvalue weighted by molar-refractivity contribution is 5.95. The van der Waals surface area contributed by atoms with Gasteiger partial charge in [0.2, 0.25) is 0 Å². The van der Waals surface area contributed by atoms with Gasteiger partial charge in [-0.15, -0.1) is 0 Å². The molecule has 1 aromatic heterocycles. The lowest BCUT2D eigenvalue weighted by atomic mass is 10.1. The van der Waals surface area contributed by atoms with E-state index in [-0.39, 0.29) is 5.91 Å². The molecule has 4 rings (SSSR count). The largest absolute Gasteiger partial charge is 0.494 e. The van der Waals surface area contributed by atoms with Crippen molar-refractivity contribution >= 4 is 16.8 Å². The van der Waals surface area contributed by atoms with E-state index in [4.69, 9.17) is 4.74 Å². The third-order valence-electron chi connectivity index (χ3n) is 5.12. The zero-order chi connectivity index (χ0) is 19.3. The molecule has 0 radical (unpaired) electrons. The molecule has 3 aromatic rings. The second-order valence-electron chi connectivity index (χ2n) is 7.03. The molecule has 0 atom stereocenters. The summed E-state index contributed by atoms with van der Waals surface area (Å²) in [5.41, 5.74) is 2.65.